The average Bonchev–Trinajstić information content (AvgIpc) is 2.67. The van der Waals surface area contributed by atoms with Crippen molar-refractivity contribution in [2.45, 2.75) is 39.8 Å². The number of nitrogens with zero attached hydrogens (tertiary/aromatic N) is 1. The summed E-state index contributed by atoms with van der Waals surface area (Å²) in [6.45, 7) is 6.71. The summed E-state index contributed by atoms with van der Waals surface area (Å²) in [6, 6.07) is 12.2. The van der Waals surface area contributed by atoms with Crippen LogP contribution < -0.4 is 5.32 Å². The molecule has 0 heterocycles. The van der Waals surface area contributed by atoms with Crippen molar-refractivity contribution in [1.29, 1.82) is 0 Å². The first kappa shape index (κ1) is 23.7. The van der Waals surface area contributed by atoms with Gasteiger partial charge in [-0.3, -0.25) is 9.59 Å². The van der Waals surface area contributed by atoms with Gasteiger partial charge in [-0.1, -0.05) is 71.2 Å². The maximum atomic E-state index is 13.1. The smallest absolute Gasteiger partial charge is 0.242 e. The number of rotatable bonds is 8. The normalized spacial score (nSPS) is 12.0. The van der Waals surface area contributed by atoms with Crippen molar-refractivity contribution < 1.29 is 9.59 Å². The molecular weight excluding hydrogens is 475 g/mol. The molecule has 2 amide bonds. The maximum Gasteiger partial charge on any atom is 0.242 e. The molecule has 0 unspecified atom stereocenters. The Hall–Kier alpha value is -1.56. The van der Waals surface area contributed by atoms with E-state index in [9.17, 15) is 9.59 Å². The zero-order chi connectivity index (χ0) is 21.6. The second-order valence-electron chi connectivity index (χ2n) is 7.39. The highest BCUT2D eigenvalue weighted by Crippen LogP contribution is 2.23. The van der Waals surface area contributed by atoms with Crippen LogP contribution in [0.4, 0.5) is 0 Å². The summed E-state index contributed by atoms with van der Waals surface area (Å²) in [5, 5.41) is 3.76. The maximum absolute atomic E-state index is 13.1. The van der Waals surface area contributed by atoms with Gasteiger partial charge in [-0.2, -0.15) is 0 Å². The summed E-state index contributed by atoms with van der Waals surface area (Å²) in [4.78, 5) is 27.4. The van der Waals surface area contributed by atoms with Crippen molar-refractivity contribution in [3.05, 3.63) is 68.1 Å². The van der Waals surface area contributed by atoms with Crippen LogP contribution in [0.15, 0.2) is 46.9 Å². The predicted molar refractivity (Wildman–Crippen MR) is 122 cm³/mol. The molecule has 0 aromatic heterocycles. The fraction of sp³-hybridized carbons (Fsp3) is 0.364. The minimum absolute atomic E-state index is 0.134. The third-order valence-corrected chi connectivity index (χ3v) is 5.73. The molecule has 0 aliphatic carbocycles. The van der Waals surface area contributed by atoms with Gasteiger partial charge in [0.1, 0.15) is 6.04 Å². The quantitative estimate of drug-likeness (QED) is 0.522. The minimum Gasteiger partial charge on any atom is -0.354 e. The number of hydrogen-bond donors (Lipinski definition) is 1. The summed E-state index contributed by atoms with van der Waals surface area (Å²) >= 11 is 15.5. The molecule has 0 fully saturated rings. The van der Waals surface area contributed by atoms with Crippen molar-refractivity contribution in [3.63, 3.8) is 0 Å². The Balaban J connectivity index is 2.21. The average molecular weight is 500 g/mol. The van der Waals surface area contributed by atoms with Crippen LogP contribution in [0.1, 0.15) is 31.9 Å². The van der Waals surface area contributed by atoms with Crippen molar-refractivity contribution in [1.82, 2.24) is 10.2 Å². The van der Waals surface area contributed by atoms with Crippen LogP contribution in [0.5, 0.6) is 0 Å². The molecule has 2 aromatic carbocycles. The fourth-order valence-electron chi connectivity index (χ4n) is 2.75. The number of benzene rings is 2. The Labute approximate surface area is 190 Å². The van der Waals surface area contributed by atoms with Crippen LogP contribution in [-0.2, 0) is 22.6 Å². The zero-order valence-corrected chi connectivity index (χ0v) is 19.8. The Bertz CT molecular complexity index is 856. The Morgan fingerprint density at radius 2 is 1.62 bits per heavy atom. The summed E-state index contributed by atoms with van der Waals surface area (Å²) < 4.78 is 0.956. The topological polar surface area (TPSA) is 49.4 Å². The van der Waals surface area contributed by atoms with Crippen LogP contribution in [0.2, 0.25) is 10.0 Å². The lowest BCUT2D eigenvalue weighted by Gasteiger charge is -2.29. The lowest BCUT2D eigenvalue weighted by Crippen LogP contribution is -2.48. The third kappa shape index (κ3) is 7.32. The largest absolute Gasteiger partial charge is 0.354 e. The predicted octanol–water partition coefficient (Wildman–Crippen LogP) is 5.49. The van der Waals surface area contributed by atoms with Crippen LogP contribution in [0, 0.1) is 5.92 Å². The first-order valence-corrected chi connectivity index (χ1v) is 11.0. The molecule has 2 aromatic rings. The van der Waals surface area contributed by atoms with Gasteiger partial charge in [0, 0.05) is 17.6 Å². The molecule has 0 aliphatic heterocycles. The molecule has 0 radical (unpaired) electrons. The zero-order valence-electron chi connectivity index (χ0n) is 16.7. The van der Waals surface area contributed by atoms with Crippen LogP contribution in [-0.4, -0.2) is 29.3 Å². The number of amides is 2. The third-order valence-electron chi connectivity index (χ3n) is 4.46. The second kappa shape index (κ2) is 11.0. The molecule has 2 rings (SSSR count). The van der Waals surface area contributed by atoms with Crippen LogP contribution >= 0.6 is 39.1 Å². The van der Waals surface area contributed by atoms with Crippen LogP contribution in [0.25, 0.3) is 0 Å². The molecule has 0 saturated heterocycles. The standard InChI is InChI=1S/C22H25BrCl2N2O2/c1-14(2)12-26-22(29)15(3)27(13-16-4-7-18(23)8-5-16)21(28)11-17-6-9-19(24)20(25)10-17/h4-10,14-15H,11-13H2,1-3H3,(H,26,29)/t15-/m0/s1. The molecular formula is C22H25BrCl2N2O2. The number of carbonyl (C=O) groups excluding carboxylic acids is 2. The number of halogens is 3. The Morgan fingerprint density at radius 3 is 2.21 bits per heavy atom. The van der Waals surface area contributed by atoms with E-state index in [-0.39, 0.29) is 18.2 Å². The van der Waals surface area contributed by atoms with Gasteiger partial charge in [0.2, 0.25) is 11.8 Å². The van der Waals surface area contributed by atoms with Crippen LogP contribution in [0.3, 0.4) is 0 Å². The van der Waals surface area contributed by atoms with E-state index in [1.807, 2.05) is 38.1 Å². The van der Waals surface area contributed by atoms with Gasteiger partial charge in [0.25, 0.3) is 0 Å². The number of nitrogens with one attached hydrogen (secondary N) is 1. The van der Waals surface area contributed by atoms with Gasteiger partial charge in [0.05, 0.1) is 16.5 Å². The highest BCUT2D eigenvalue weighted by Gasteiger charge is 2.26. The molecule has 0 aliphatic rings. The molecule has 0 spiro atoms. The van der Waals surface area contributed by atoms with E-state index in [4.69, 9.17) is 23.2 Å². The summed E-state index contributed by atoms with van der Waals surface area (Å²) in [5.41, 5.74) is 1.69. The van der Waals surface area contributed by atoms with Gasteiger partial charge in [-0.15, -0.1) is 0 Å². The molecule has 7 heteroatoms. The van der Waals surface area contributed by atoms with Gasteiger partial charge in [-0.05, 0) is 48.2 Å². The van der Waals surface area contributed by atoms with E-state index in [1.165, 1.54) is 0 Å². The number of hydrogen-bond acceptors (Lipinski definition) is 2. The SMILES string of the molecule is CC(C)CNC(=O)[C@H](C)N(Cc1ccc(Br)cc1)C(=O)Cc1ccc(Cl)c(Cl)c1. The summed E-state index contributed by atoms with van der Waals surface area (Å²) in [5.74, 6) is 0.00906. The van der Waals surface area contributed by atoms with Crippen molar-refractivity contribution in [3.8, 4) is 0 Å². The minimum atomic E-state index is -0.604. The molecule has 4 nitrogen and oxygen atoms in total. The van der Waals surface area contributed by atoms with Crippen molar-refractivity contribution in [2.75, 3.05) is 6.54 Å². The lowest BCUT2D eigenvalue weighted by atomic mass is 10.1. The number of carbonyl (C=O) groups is 2. The monoisotopic (exact) mass is 498 g/mol. The Morgan fingerprint density at radius 1 is 1.00 bits per heavy atom. The van der Waals surface area contributed by atoms with Crippen molar-refractivity contribution >= 4 is 50.9 Å². The second-order valence-corrected chi connectivity index (χ2v) is 9.12. The van der Waals surface area contributed by atoms with Gasteiger partial charge in [-0.25, -0.2) is 0 Å². The van der Waals surface area contributed by atoms with E-state index in [1.54, 1.807) is 30.0 Å². The molecule has 1 N–H and O–H groups in total. The molecule has 29 heavy (non-hydrogen) atoms. The fourth-order valence-corrected chi connectivity index (χ4v) is 3.33. The molecule has 0 saturated carbocycles. The van der Waals surface area contributed by atoms with Gasteiger partial charge >= 0.3 is 0 Å². The van der Waals surface area contributed by atoms with Crippen molar-refractivity contribution in [2.24, 2.45) is 5.92 Å². The molecule has 0 bridgehead atoms. The van der Waals surface area contributed by atoms with E-state index < -0.39 is 6.04 Å². The highest BCUT2D eigenvalue weighted by atomic mass is 79.9. The summed E-state index contributed by atoms with van der Waals surface area (Å²) in [7, 11) is 0. The van der Waals surface area contributed by atoms with Gasteiger partial charge in [0.15, 0.2) is 0 Å². The summed E-state index contributed by atoms with van der Waals surface area (Å²) in [6.07, 6.45) is 0.134. The first-order chi connectivity index (χ1) is 13.7. The van der Waals surface area contributed by atoms with E-state index in [2.05, 4.69) is 21.2 Å². The van der Waals surface area contributed by atoms with E-state index in [0.717, 1.165) is 15.6 Å². The van der Waals surface area contributed by atoms with Gasteiger partial charge < -0.3 is 10.2 Å². The Kier molecular flexibility index (Phi) is 9.00. The van der Waals surface area contributed by atoms with E-state index in [0.29, 0.717) is 29.1 Å². The molecule has 156 valence electrons. The molecule has 1 atom stereocenters. The lowest BCUT2D eigenvalue weighted by molar-refractivity contribution is -0.140. The first-order valence-electron chi connectivity index (χ1n) is 9.43. The highest BCUT2D eigenvalue weighted by molar-refractivity contribution is 9.10. The van der Waals surface area contributed by atoms with E-state index >= 15 is 0 Å².